The van der Waals surface area contributed by atoms with Crippen LogP contribution < -0.4 is 0 Å². The van der Waals surface area contributed by atoms with Crippen molar-refractivity contribution in [2.24, 2.45) is 0 Å². The number of hydrogen-bond donors (Lipinski definition) is 0. The summed E-state index contributed by atoms with van der Waals surface area (Å²) in [5.74, 6) is 0.906. The summed E-state index contributed by atoms with van der Waals surface area (Å²) in [7, 11) is 1.69. The molecule has 0 bridgehead atoms. The van der Waals surface area contributed by atoms with Crippen LogP contribution in [-0.4, -0.2) is 31.6 Å². The molecule has 2 heteroatoms. The summed E-state index contributed by atoms with van der Waals surface area (Å²) in [5.41, 5.74) is 0. The van der Waals surface area contributed by atoms with Gasteiger partial charge in [0.2, 0.25) is 0 Å². The Labute approximate surface area is 92.2 Å². The zero-order chi connectivity index (χ0) is 10.9. The maximum absolute atomic E-state index is 5.19. The molecule has 0 saturated carbocycles. The van der Waals surface area contributed by atoms with Crippen LogP contribution >= 0.6 is 0 Å². The van der Waals surface area contributed by atoms with E-state index in [4.69, 9.17) is 4.74 Å². The van der Waals surface area contributed by atoms with E-state index in [0.717, 1.165) is 31.8 Å². The smallest absolute Gasteiger partial charge is 0.118 e. The van der Waals surface area contributed by atoms with E-state index in [2.05, 4.69) is 23.6 Å². The molecule has 15 heavy (non-hydrogen) atoms. The number of allylic oxidation sites excluding steroid dienone is 3. The highest BCUT2D eigenvalue weighted by Crippen LogP contribution is 2.03. The van der Waals surface area contributed by atoms with Gasteiger partial charge in [-0.3, -0.25) is 4.90 Å². The first-order valence-corrected chi connectivity index (χ1v) is 5.27. The molecule has 0 saturated heterocycles. The second-order valence-corrected chi connectivity index (χ2v) is 3.44. The summed E-state index contributed by atoms with van der Waals surface area (Å²) in [6.07, 6.45) is 13.3. The van der Waals surface area contributed by atoms with Crippen LogP contribution in [0.15, 0.2) is 48.8 Å². The van der Waals surface area contributed by atoms with Gasteiger partial charge < -0.3 is 4.74 Å². The van der Waals surface area contributed by atoms with Crippen LogP contribution in [0.4, 0.5) is 0 Å². The Bertz CT molecular complexity index is 276. The third-order valence-corrected chi connectivity index (χ3v) is 2.28. The van der Waals surface area contributed by atoms with Gasteiger partial charge in [0, 0.05) is 19.6 Å². The zero-order valence-electron chi connectivity index (χ0n) is 9.36. The fourth-order valence-corrected chi connectivity index (χ4v) is 1.46. The monoisotopic (exact) mass is 205 g/mol. The summed E-state index contributed by atoms with van der Waals surface area (Å²) in [4.78, 5) is 2.35. The number of hydrogen-bond acceptors (Lipinski definition) is 2. The molecule has 1 heterocycles. The molecular formula is C13H19NO. The molecule has 0 radical (unpaired) electrons. The van der Waals surface area contributed by atoms with Crippen LogP contribution in [0.2, 0.25) is 0 Å². The lowest BCUT2D eigenvalue weighted by Crippen LogP contribution is -2.24. The topological polar surface area (TPSA) is 12.5 Å². The van der Waals surface area contributed by atoms with E-state index in [-0.39, 0.29) is 0 Å². The first-order chi connectivity index (χ1) is 7.36. The fourth-order valence-electron chi connectivity index (χ4n) is 1.46. The molecule has 0 atom stereocenters. The second kappa shape index (κ2) is 7.07. The van der Waals surface area contributed by atoms with Crippen molar-refractivity contribution in [2.75, 3.05) is 26.7 Å². The molecule has 0 fully saturated rings. The van der Waals surface area contributed by atoms with Gasteiger partial charge in [-0.1, -0.05) is 24.3 Å². The Morgan fingerprint density at radius 1 is 1.53 bits per heavy atom. The highest BCUT2D eigenvalue weighted by atomic mass is 16.5. The fraction of sp³-hybridized carbons (Fsp3) is 0.385. The van der Waals surface area contributed by atoms with Gasteiger partial charge in [-0.15, -0.1) is 6.58 Å². The second-order valence-electron chi connectivity index (χ2n) is 3.44. The summed E-state index contributed by atoms with van der Waals surface area (Å²) < 4.78 is 5.19. The molecule has 1 aliphatic heterocycles. The predicted molar refractivity (Wildman–Crippen MR) is 64.6 cm³/mol. The van der Waals surface area contributed by atoms with Crippen molar-refractivity contribution in [3.63, 3.8) is 0 Å². The van der Waals surface area contributed by atoms with Gasteiger partial charge >= 0.3 is 0 Å². The van der Waals surface area contributed by atoms with Gasteiger partial charge in [-0.2, -0.15) is 0 Å². The van der Waals surface area contributed by atoms with E-state index in [1.54, 1.807) is 7.11 Å². The SMILES string of the molecule is C=CCN1C/C=C/C=C(OC)\C=C\CC1. The standard InChI is InChI=1S/C13H19NO/c1-3-10-14-11-6-4-8-13(15-2)9-5-7-12-14/h3-6,8-9H,1,7,10-12H2,2H3/b6-4+,9-5+,13-8+. The van der Waals surface area contributed by atoms with Crippen LogP contribution in [0.25, 0.3) is 0 Å². The van der Waals surface area contributed by atoms with Crippen molar-refractivity contribution in [2.45, 2.75) is 6.42 Å². The Kier molecular flexibility index (Phi) is 5.56. The quantitative estimate of drug-likeness (QED) is 0.656. The van der Waals surface area contributed by atoms with E-state index >= 15 is 0 Å². The zero-order valence-corrected chi connectivity index (χ0v) is 9.36. The molecule has 0 unspecified atom stereocenters. The van der Waals surface area contributed by atoms with Crippen molar-refractivity contribution in [1.82, 2.24) is 4.90 Å². The van der Waals surface area contributed by atoms with E-state index in [1.165, 1.54) is 0 Å². The number of nitrogens with zero attached hydrogens (tertiary/aromatic N) is 1. The lowest BCUT2D eigenvalue weighted by molar-refractivity contribution is 0.305. The van der Waals surface area contributed by atoms with Crippen LogP contribution in [0.3, 0.4) is 0 Å². The van der Waals surface area contributed by atoms with E-state index in [1.807, 2.05) is 24.3 Å². The van der Waals surface area contributed by atoms with E-state index < -0.39 is 0 Å². The molecule has 1 rings (SSSR count). The van der Waals surface area contributed by atoms with Crippen molar-refractivity contribution in [1.29, 1.82) is 0 Å². The maximum atomic E-state index is 5.19. The van der Waals surface area contributed by atoms with Crippen molar-refractivity contribution >= 4 is 0 Å². The average molecular weight is 205 g/mol. The van der Waals surface area contributed by atoms with Gasteiger partial charge in [0.05, 0.1) is 7.11 Å². The van der Waals surface area contributed by atoms with Gasteiger partial charge in [0.15, 0.2) is 0 Å². The van der Waals surface area contributed by atoms with Crippen molar-refractivity contribution < 1.29 is 4.74 Å². The minimum Gasteiger partial charge on any atom is -0.497 e. The minimum atomic E-state index is 0.906. The number of rotatable bonds is 3. The summed E-state index contributed by atoms with van der Waals surface area (Å²) in [6.45, 7) is 6.73. The molecule has 0 amide bonds. The average Bonchev–Trinajstić information content (AvgIpc) is 2.27. The lowest BCUT2D eigenvalue weighted by Gasteiger charge is -2.17. The molecule has 0 aromatic carbocycles. The molecule has 0 aromatic rings. The first-order valence-electron chi connectivity index (χ1n) is 5.27. The van der Waals surface area contributed by atoms with Crippen molar-refractivity contribution in [3.05, 3.63) is 48.8 Å². The summed E-state index contributed by atoms with van der Waals surface area (Å²) in [6, 6.07) is 0. The Hall–Kier alpha value is -1.28. The molecule has 0 aromatic heterocycles. The van der Waals surface area contributed by atoms with Crippen LogP contribution in [0.5, 0.6) is 0 Å². The minimum absolute atomic E-state index is 0.906. The Morgan fingerprint density at radius 3 is 3.13 bits per heavy atom. The van der Waals surface area contributed by atoms with E-state index in [9.17, 15) is 0 Å². The molecule has 1 aliphatic rings. The summed E-state index contributed by atoms with van der Waals surface area (Å²) >= 11 is 0. The number of ether oxygens (including phenoxy) is 1. The Balaban J connectivity index is 2.61. The highest BCUT2D eigenvalue weighted by molar-refractivity contribution is 5.19. The third kappa shape index (κ3) is 4.66. The van der Waals surface area contributed by atoms with Gasteiger partial charge in [-0.25, -0.2) is 0 Å². The molecule has 2 nitrogen and oxygen atoms in total. The maximum Gasteiger partial charge on any atom is 0.118 e. The van der Waals surface area contributed by atoms with Crippen LogP contribution in [-0.2, 0) is 4.74 Å². The normalized spacial score (nSPS) is 26.1. The number of methoxy groups -OCH3 is 1. The largest absolute Gasteiger partial charge is 0.497 e. The lowest BCUT2D eigenvalue weighted by atomic mass is 10.2. The third-order valence-electron chi connectivity index (χ3n) is 2.28. The predicted octanol–water partition coefficient (Wildman–Crippen LogP) is 2.52. The Morgan fingerprint density at radius 2 is 2.40 bits per heavy atom. The first kappa shape index (κ1) is 11.8. The van der Waals surface area contributed by atoms with Crippen LogP contribution in [0.1, 0.15) is 6.42 Å². The van der Waals surface area contributed by atoms with Gasteiger partial charge in [0.1, 0.15) is 5.76 Å². The van der Waals surface area contributed by atoms with Crippen molar-refractivity contribution in [3.8, 4) is 0 Å². The molecular weight excluding hydrogens is 186 g/mol. The van der Waals surface area contributed by atoms with Gasteiger partial charge in [0.25, 0.3) is 0 Å². The molecule has 82 valence electrons. The molecule has 0 spiro atoms. The van der Waals surface area contributed by atoms with E-state index in [0.29, 0.717) is 0 Å². The highest BCUT2D eigenvalue weighted by Gasteiger charge is 1.99. The summed E-state index contributed by atoms with van der Waals surface area (Å²) in [5, 5.41) is 0. The van der Waals surface area contributed by atoms with Gasteiger partial charge in [-0.05, 0) is 18.6 Å². The van der Waals surface area contributed by atoms with Crippen LogP contribution in [0, 0.1) is 0 Å². The molecule has 0 aliphatic carbocycles. The molecule has 0 N–H and O–H groups in total.